The average molecular weight is 762 g/mol. The van der Waals surface area contributed by atoms with Gasteiger partial charge in [-0.1, -0.05) is 25.0 Å². The molecule has 17 atom stereocenters. The summed E-state index contributed by atoms with van der Waals surface area (Å²) in [7, 11) is 3.31. The van der Waals surface area contributed by atoms with E-state index < -0.39 is 47.8 Å². The van der Waals surface area contributed by atoms with Crippen LogP contribution in [0.15, 0.2) is 12.2 Å². The number of allylic oxidation sites excluding steroid dienone is 1. The Balaban J connectivity index is 1.09. The molecule has 8 N–H and O–H groups in total. The van der Waals surface area contributed by atoms with E-state index in [0.717, 1.165) is 83.6 Å². The molecule has 6 fully saturated rings. The molecule has 0 amide bonds. The fourth-order valence-corrected chi connectivity index (χ4v) is 13.4. The maximum atomic E-state index is 13.4. The van der Waals surface area contributed by atoms with Crippen LogP contribution in [-0.4, -0.2) is 121 Å². The number of ether oxygens (including phenoxy) is 4. The number of nitrogens with two attached hydrogens (primary N) is 1. The summed E-state index contributed by atoms with van der Waals surface area (Å²) in [4.78, 5) is 13.4. The molecule has 308 valence electrons. The van der Waals surface area contributed by atoms with Crippen molar-refractivity contribution in [2.24, 2.45) is 46.2 Å². The number of methoxy groups -OCH3 is 2. The molecule has 2 spiro atoms. The van der Waals surface area contributed by atoms with Crippen LogP contribution in [-0.2, 0) is 23.7 Å². The van der Waals surface area contributed by atoms with Gasteiger partial charge < -0.3 is 55.7 Å². The SMILES string of the molecule is COC1CC(CC[C@H]2C[C@H](O)C[C@H](C3CC(OC)C(O)C(OC[C@H]4N[C@H](C)CC5(CCCC5)[C@]45[C@@H](C4CCNC(N)C4)C=C[C@H]5C(=O)O)C3)O2)CCC1O. The second-order valence-electron chi connectivity index (χ2n) is 18.7. The number of rotatable bonds is 11. The molecule has 0 aromatic rings. The first kappa shape index (κ1) is 41.0. The number of aliphatic hydroxyl groups excluding tert-OH is 3. The predicted molar refractivity (Wildman–Crippen MR) is 203 cm³/mol. The van der Waals surface area contributed by atoms with Crippen LogP contribution in [0.5, 0.6) is 0 Å². The van der Waals surface area contributed by atoms with Gasteiger partial charge in [-0.3, -0.25) is 4.79 Å². The number of aliphatic carboxylic acids is 1. The van der Waals surface area contributed by atoms with Crippen molar-refractivity contribution in [1.82, 2.24) is 10.6 Å². The molecule has 3 saturated carbocycles. The van der Waals surface area contributed by atoms with Gasteiger partial charge in [-0.15, -0.1) is 0 Å². The molecule has 3 heterocycles. The Morgan fingerprint density at radius 1 is 0.907 bits per heavy atom. The Labute approximate surface area is 322 Å². The molecule has 12 heteroatoms. The first-order chi connectivity index (χ1) is 26.0. The van der Waals surface area contributed by atoms with Crippen LogP contribution in [0.3, 0.4) is 0 Å². The summed E-state index contributed by atoms with van der Waals surface area (Å²) in [6.07, 6.45) is 14.8. The van der Waals surface area contributed by atoms with E-state index in [0.29, 0.717) is 38.2 Å². The highest BCUT2D eigenvalue weighted by atomic mass is 16.5. The fraction of sp³-hybridized carbons (Fsp3) is 0.929. The third-order valence-electron chi connectivity index (χ3n) is 15.7. The molecule has 0 radical (unpaired) electrons. The van der Waals surface area contributed by atoms with Crippen molar-refractivity contribution in [1.29, 1.82) is 0 Å². The minimum Gasteiger partial charge on any atom is -0.481 e. The predicted octanol–water partition coefficient (Wildman–Crippen LogP) is 3.49. The number of hydrogen-bond donors (Lipinski definition) is 7. The molecule has 7 aliphatic rings. The zero-order valence-electron chi connectivity index (χ0n) is 33.0. The van der Waals surface area contributed by atoms with E-state index in [1.54, 1.807) is 14.2 Å². The van der Waals surface area contributed by atoms with Crippen molar-refractivity contribution < 1.29 is 44.2 Å². The lowest BCUT2D eigenvalue weighted by molar-refractivity contribution is -0.193. The molecule has 3 saturated heterocycles. The van der Waals surface area contributed by atoms with E-state index in [2.05, 4.69) is 23.6 Å². The van der Waals surface area contributed by atoms with Crippen molar-refractivity contribution in [2.75, 3.05) is 27.4 Å². The van der Waals surface area contributed by atoms with Crippen LogP contribution >= 0.6 is 0 Å². The van der Waals surface area contributed by atoms with Gasteiger partial charge in [0.25, 0.3) is 0 Å². The Morgan fingerprint density at radius 2 is 1.67 bits per heavy atom. The summed E-state index contributed by atoms with van der Waals surface area (Å²) in [5, 5.41) is 51.3. The van der Waals surface area contributed by atoms with E-state index in [1.807, 2.05) is 6.08 Å². The van der Waals surface area contributed by atoms with Crippen molar-refractivity contribution >= 4 is 5.97 Å². The normalized spacial score (nSPS) is 48.1. The number of carboxylic acid groups (broad SMARTS) is 1. The lowest BCUT2D eigenvalue weighted by atomic mass is 9.45. The van der Waals surface area contributed by atoms with Gasteiger partial charge in [0.05, 0.1) is 61.4 Å². The fourth-order valence-electron chi connectivity index (χ4n) is 13.4. The summed E-state index contributed by atoms with van der Waals surface area (Å²) in [5.74, 6) is -0.579. The minimum absolute atomic E-state index is 0.0285. The quantitative estimate of drug-likeness (QED) is 0.152. The van der Waals surface area contributed by atoms with Gasteiger partial charge in [0.2, 0.25) is 0 Å². The van der Waals surface area contributed by atoms with Crippen LogP contribution < -0.4 is 16.4 Å². The number of aliphatic hydroxyl groups is 3. The molecule has 54 heavy (non-hydrogen) atoms. The monoisotopic (exact) mass is 762 g/mol. The maximum absolute atomic E-state index is 13.4. The number of nitrogens with one attached hydrogen (secondary N) is 2. The van der Waals surface area contributed by atoms with E-state index in [9.17, 15) is 25.2 Å². The molecular weight excluding hydrogens is 690 g/mol. The summed E-state index contributed by atoms with van der Waals surface area (Å²) >= 11 is 0. The Bertz CT molecular complexity index is 1280. The summed E-state index contributed by atoms with van der Waals surface area (Å²) in [6.45, 7) is 3.36. The Morgan fingerprint density at radius 3 is 2.39 bits per heavy atom. The molecule has 9 unspecified atom stereocenters. The third-order valence-corrected chi connectivity index (χ3v) is 15.7. The third kappa shape index (κ3) is 7.96. The van der Waals surface area contributed by atoms with Gasteiger partial charge in [0.15, 0.2) is 0 Å². The molecule has 4 aliphatic carbocycles. The van der Waals surface area contributed by atoms with Gasteiger partial charge in [-0.05, 0) is 132 Å². The zero-order chi connectivity index (χ0) is 38.2. The van der Waals surface area contributed by atoms with Crippen LogP contribution in [0.2, 0.25) is 0 Å². The van der Waals surface area contributed by atoms with Crippen LogP contribution in [0, 0.1) is 40.4 Å². The summed E-state index contributed by atoms with van der Waals surface area (Å²) in [6, 6.07) is -0.0203. The van der Waals surface area contributed by atoms with Crippen molar-refractivity contribution in [3.05, 3.63) is 12.2 Å². The molecule has 0 aromatic carbocycles. The van der Waals surface area contributed by atoms with E-state index in [1.165, 1.54) is 0 Å². The number of carboxylic acids is 1. The van der Waals surface area contributed by atoms with Gasteiger partial charge in [-0.2, -0.15) is 0 Å². The van der Waals surface area contributed by atoms with Crippen molar-refractivity contribution in [3.63, 3.8) is 0 Å². The highest BCUT2D eigenvalue weighted by Gasteiger charge is 2.69. The lowest BCUT2D eigenvalue weighted by Gasteiger charge is -2.63. The smallest absolute Gasteiger partial charge is 0.311 e. The zero-order valence-corrected chi connectivity index (χ0v) is 33.0. The second-order valence-corrected chi connectivity index (χ2v) is 18.7. The minimum atomic E-state index is -0.835. The van der Waals surface area contributed by atoms with Crippen LogP contribution in [0.25, 0.3) is 0 Å². The maximum Gasteiger partial charge on any atom is 0.311 e. The number of piperidine rings is 2. The number of hydrogen-bond acceptors (Lipinski definition) is 11. The van der Waals surface area contributed by atoms with E-state index >= 15 is 0 Å². The Kier molecular flexibility index (Phi) is 13.2. The van der Waals surface area contributed by atoms with E-state index in [4.69, 9.17) is 24.7 Å². The van der Waals surface area contributed by atoms with Gasteiger partial charge >= 0.3 is 5.97 Å². The standard InChI is InChI=1S/C42H71N3O9/c1-24-22-41(13-4-5-14-41)42(30(9-10-31(42)40(49)50)26-12-15-44-38(43)19-26)37(45-24)23-53-36-18-27(17-35(52-3)39(36)48)33-21-28(46)20-29(54-33)8-6-25-7-11-32(47)34(16-25)51-2/h9-10,24-39,44-48H,4-8,11-23,43H2,1-3H3,(H,49,50)/t24-,25?,26?,27?,28+,29+,30-,31+,32?,33-,34?,35?,36?,37-,38?,39?,42+/m1/s1. The molecule has 7 rings (SSSR count). The largest absolute Gasteiger partial charge is 0.481 e. The highest BCUT2D eigenvalue weighted by molar-refractivity contribution is 5.75. The van der Waals surface area contributed by atoms with Crippen molar-refractivity contribution in [2.45, 2.75) is 177 Å². The molecular formula is C42H71N3O9. The number of fused-ring (bicyclic) bond motifs is 1. The molecule has 0 bridgehead atoms. The van der Waals surface area contributed by atoms with Gasteiger partial charge in [-0.25, -0.2) is 0 Å². The number of carbonyl (C=O) groups is 1. The van der Waals surface area contributed by atoms with Crippen LogP contribution in [0.4, 0.5) is 0 Å². The lowest BCUT2D eigenvalue weighted by Crippen LogP contribution is -2.70. The second kappa shape index (κ2) is 17.3. The molecule has 12 nitrogen and oxygen atoms in total. The summed E-state index contributed by atoms with van der Waals surface area (Å²) < 4.78 is 25.1. The Hall–Kier alpha value is -1.19. The first-order valence-corrected chi connectivity index (χ1v) is 21.5. The van der Waals surface area contributed by atoms with Crippen molar-refractivity contribution in [3.8, 4) is 0 Å². The topological polar surface area (TPSA) is 185 Å². The van der Waals surface area contributed by atoms with Crippen LogP contribution in [0.1, 0.15) is 110 Å². The molecule has 0 aromatic heterocycles. The first-order valence-electron chi connectivity index (χ1n) is 21.5. The van der Waals surface area contributed by atoms with Gasteiger partial charge in [0, 0.05) is 31.7 Å². The average Bonchev–Trinajstić information content (AvgIpc) is 3.79. The van der Waals surface area contributed by atoms with E-state index in [-0.39, 0.29) is 59.7 Å². The highest BCUT2D eigenvalue weighted by Crippen LogP contribution is 2.68. The van der Waals surface area contributed by atoms with Gasteiger partial charge in [0.1, 0.15) is 6.10 Å². The molecule has 3 aliphatic heterocycles. The summed E-state index contributed by atoms with van der Waals surface area (Å²) in [5.41, 5.74) is 5.78.